The fraction of sp³-hybridized carbons (Fsp3) is 0.435. The molecule has 2 aromatic carbocycles. The van der Waals surface area contributed by atoms with E-state index >= 15 is 0 Å². The van der Waals surface area contributed by atoms with Crippen molar-refractivity contribution in [1.29, 1.82) is 0 Å². The number of likely N-dealkylation sites (tertiary alicyclic amines) is 1. The van der Waals surface area contributed by atoms with Crippen LogP contribution in [0.4, 0.5) is 11.4 Å². The summed E-state index contributed by atoms with van der Waals surface area (Å²) in [4.78, 5) is 15.9. The molecule has 142 valence electrons. The molecule has 2 heterocycles. The van der Waals surface area contributed by atoms with Gasteiger partial charge in [-0.05, 0) is 74.9 Å². The summed E-state index contributed by atoms with van der Waals surface area (Å²) in [7, 11) is 0. The Hall–Kier alpha value is -2.33. The van der Waals surface area contributed by atoms with Gasteiger partial charge in [-0.2, -0.15) is 0 Å². The van der Waals surface area contributed by atoms with Gasteiger partial charge in [-0.3, -0.25) is 9.69 Å². The van der Waals surface area contributed by atoms with Crippen LogP contribution in [-0.2, 0) is 17.6 Å². The zero-order valence-corrected chi connectivity index (χ0v) is 16.0. The van der Waals surface area contributed by atoms with E-state index in [1.807, 2.05) is 0 Å². The van der Waals surface area contributed by atoms with Gasteiger partial charge in [0.15, 0.2) is 0 Å². The lowest BCUT2D eigenvalue weighted by Gasteiger charge is -2.37. The number of hydrogen-bond acceptors (Lipinski definition) is 3. The molecule has 0 aromatic heterocycles. The van der Waals surface area contributed by atoms with Crippen LogP contribution in [-0.4, -0.2) is 41.7 Å². The van der Waals surface area contributed by atoms with Crippen molar-refractivity contribution in [3.63, 3.8) is 0 Å². The van der Waals surface area contributed by atoms with Gasteiger partial charge in [-0.25, -0.2) is 0 Å². The second-order valence-electron chi connectivity index (χ2n) is 7.86. The highest BCUT2D eigenvalue weighted by Crippen LogP contribution is 2.37. The van der Waals surface area contributed by atoms with Gasteiger partial charge in [0.25, 0.3) is 0 Å². The molecule has 2 aliphatic rings. The number of anilines is 2. The molecule has 0 amide bonds. The highest BCUT2D eigenvalue weighted by molar-refractivity contribution is 5.73. The largest absolute Gasteiger partial charge is 0.480 e. The number of carboxylic acids is 1. The van der Waals surface area contributed by atoms with E-state index in [-0.39, 0.29) is 6.04 Å². The van der Waals surface area contributed by atoms with Crippen molar-refractivity contribution in [1.82, 2.24) is 4.90 Å². The van der Waals surface area contributed by atoms with E-state index in [2.05, 4.69) is 58.3 Å². The first kappa shape index (κ1) is 18.1. The van der Waals surface area contributed by atoms with Gasteiger partial charge < -0.3 is 10.0 Å². The maximum absolute atomic E-state index is 11.3. The monoisotopic (exact) mass is 364 g/mol. The van der Waals surface area contributed by atoms with E-state index < -0.39 is 5.97 Å². The number of nitrogens with zero attached hydrogens (tertiary/aromatic N) is 2. The number of aryl methyl sites for hydroxylation is 2. The Morgan fingerprint density at radius 2 is 1.52 bits per heavy atom. The molecule has 0 saturated carbocycles. The lowest BCUT2D eigenvalue weighted by Crippen LogP contribution is -2.45. The van der Waals surface area contributed by atoms with Crippen molar-refractivity contribution >= 4 is 17.3 Å². The molecule has 0 aliphatic carbocycles. The number of hydrogen-bond donors (Lipinski definition) is 1. The van der Waals surface area contributed by atoms with Crippen molar-refractivity contribution < 1.29 is 9.90 Å². The van der Waals surface area contributed by atoms with Crippen LogP contribution in [0.3, 0.4) is 0 Å². The Kier molecular flexibility index (Phi) is 5.17. The third kappa shape index (κ3) is 3.72. The molecule has 1 unspecified atom stereocenters. The Labute approximate surface area is 161 Å². The number of para-hydroxylation sites is 2. The lowest BCUT2D eigenvalue weighted by molar-refractivity contribution is -0.143. The van der Waals surface area contributed by atoms with Crippen molar-refractivity contribution in [3.05, 3.63) is 59.7 Å². The molecule has 0 spiro atoms. The van der Waals surface area contributed by atoms with E-state index in [9.17, 15) is 9.90 Å². The molecular weight excluding hydrogens is 336 g/mol. The van der Waals surface area contributed by atoms with Crippen molar-refractivity contribution in [2.75, 3.05) is 24.5 Å². The van der Waals surface area contributed by atoms with Crippen LogP contribution >= 0.6 is 0 Å². The molecule has 1 N–H and O–H groups in total. The molecule has 4 nitrogen and oxygen atoms in total. The first-order chi connectivity index (χ1) is 13.1. The molecule has 0 bridgehead atoms. The Morgan fingerprint density at radius 1 is 1.00 bits per heavy atom. The van der Waals surface area contributed by atoms with Crippen LogP contribution in [0.1, 0.15) is 30.9 Å². The Balaban J connectivity index is 1.55. The number of carbonyl (C=O) groups is 1. The van der Waals surface area contributed by atoms with E-state index in [4.69, 9.17) is 0 Å². The Morgan fingerprint density at radius 3 is 2.04 bits per heavy atom. The van der Waals surface area contributed by atoms with Crippen LogP contribution in [0.15, 0.2) is 48.5 Å². The molecule has 1 fully saturated rings. The summed E-state index contributed by atoms with van der Waals surface area (Å²) >= 11 is 0. The standard InChI is InChI=1S/C23H28N2O2/c1-17(23(26)27)24-14-12-18(13-15-24)16-25-21-8-4-2-6-19(21)10-11-20-7-3-5-9-22(20)25/h2-9,17-18H,10-16H2,1H3,(H,26,27). The zero-order chi connectivity index (χ0) is 18.8. The first-order valence-corrected chi connectivity index (χ1v) is 10.0. The summed E-state index contributed by atoms with van der Waals surface area (Å²) in [5.41, 5.74) is 5.52. The van der Waals surface area contributed by atoms with Gasteiger partial charge in [0.05, 0.1) is 0 Å². The average molecular weight is 364 g/mol. The number of fused-ring (bicyclic) bond motifs is 2. The predicted molar refractivity (Wildman–Crippen MR) is 109 cm³/mol. The number of rotatable bonds is 4. The van der Waals surface area contributed by atoms with E-state index in [0.29, 0.717) is 5.92 Å². The molecule has 2 aliphatic heterocycles. The normalized spacial score (nSPS) is 19.1. The van der Waals surface area contributed by atoms with Crippen LogP contribution in [0.2, 0.25) is 0 Å². The van der Waals surface area contributed by atoms with Gasteiger partial charge in [0.2, 0.25) is 0 Å². The van der Waals surface area contributed by atoms with Crippen LogP contribution in [0, 0.1) is 5.92 Å². The number of carboxylic acid groups (broad SMARTS) is 1. The maximum Gasteiger partial charge on any atom is 0.320 e. The molecule has 27 heavy (non-hydrogen) atoms. The molecule has 0 radical (unpaired) electrons. The molecular formula is C23H28N2O2. The topological polar surface area (TPSA) is 43.8 Å². The molecule has 2 aromatic rings. The summed E-state index contributed by atoms with van der Waals surface area (Å²) in [5, 5.41) is 9.26. The van der Waals surface area contributed by atoms with Gasteiger partial charge in [0, 0.05) is 17.9 Å². The minimum Gasteiger partial charge on any atom is -0.480 e. The fourth-order valence-electron chi connectivity index (χ4n) is 4.50. The first-order valence-electron chi connectivity index (χ1n) is 10.0. The van der Waals surface area contributed by atoms with Crippen molar-refractivity contribution in [2.24, 2.45) is 5.92 Å². The highest BCUT2D eigenvalue weighted by Gasteiger charge is 2.29. The summed E-state index contributed by atoms with van der Waals surface area (Å²) in [6.45, 7) is 4.54. The number of piperidine rings is 1. The molecule has 1 atom stereocenters. The smallest absolute Gasteiger partial charge is 0.320 e. The third-order valence-corrected chi connectivity index (χ3v) is 6.22. The van der Waals surface area contributed by atoms with Gasteiger partial charge in [0.1, 0.15) is 6.04 Å². The van der Waals surface area contributed by atoms with Crippen molar-refractivity contribution in [2.45, 2.75) is 38.6 Å². The fourth-order valence-corrected chi connectivity index (χ4v) is 4.50. The van der Waals surface area contributed by atoms with Crippen LogP contribution < -0.4 is 4.90 Å². The maximum atomic E-state index is 11.3. The molecule has 4 rings (SSSR count). The molecule has 1 saturated heterocycles. The van der Waals surface area contributed by atoms with Crippen molar-refractivity contribution in [3.8, 4) is 0 Å². The van der Waals surface area contributed by atoms with E-state index in [0.717, 1.165) is 45.3 Å². The van der Waals surface area contributed by atoms with Crippen LogP contribution in [0.25, 0.3) is 0 Å². The van der Waals surface area contributed by atoms with E-state index in [1.54, 1.807) is 6.92 Å². The SMILES string of the molecule is CC(C(=O)O)N1CCC(CN2c3ccccc3CCc3ccccc32)CC1. The van der Waals surface area contributed by atoms with Gasteiger partial charge in [-0.15, -0.1) is 0 Å². The zero-order valence-electron chi connectivity index (χ0n) is 16.0. The van der Waals surface area contributed by atoms with E-state index in [1.165, 1.54) is 22.5 Å². The summed E-state index contributed by atoms with van der Waals surface area (Å²) < 4.78 is 0. The summed E-state index contributed by atoms with van der Waals surface area (Å²) in [6, 6.07) is 17.2. The Bertz CT molecular complexity index is 764. The van der Waals surface area contributed by atoms with Gasteiger partial charge in [-0.1, -0.05) is 36.4 Å². The van der Waals surface area contributed by atoms with Crippen LogP contribution in [0.5, 0.6) is 0 Å². The van der Waals surface area contributed by atoms with Gasteiger partial charge >= 0.3 is 5.97 Å². The molecule has 4 heteroatoms. The second kappa shape index (κ2) is 7.73. The summed E-state index contributed by atoms with van der Waals surface area (Å²) in [6.07, 6.45) is 4.27. The average Bonchev–Trinajstić information content (AvgIpc) is 2.86. The number of aliphatic carboxylic acids is 1. The summed E-state index contributed by atoms with van der Waals surface area (Å²) in [5.74, 6) is -0.134. The third-order valence-electron chi connectivity index (χ3n) is 6.22. The predicted octanol–water partition coefficient (Wildman–Crippen LogP) is 4.11. The lowest BCUT2D eigenvalue weighted by atomic mass is 9.94. The highest BCUT2D eigenvalue weighted by atomic mass is 16.4. The number of benzene rings is 2. The minimum atomic E-state index is -0.719. The quantitative estimate of drug-likeness (QED) is 0.887. The minimum absolute atomic E-state index is 0.384. The second-order valence-corrected chi connectivity index (χ2v) is 7.86.